The Morgan fingerprint density at radius 3 is 3.10 bits per heavy atom. The van der Waals surface area contributed by atoms with E-state index in [9.17, 15) is 4.79 Å². The van der Waals surface area contributed by atoms with Gasteiger partial charge in [-0.15, -0.1) is 0 Å². The van der Waals surface area contributed by atoms with Crippen LogP contribution >= 0.6 is 0 Å². The predicted molar refractivity (Wildman–Crippen MR) is 82.3 cm³/mol. The van der Waals surface area contributed by atoms with Crippen molar-refractivity contribution in [1.29, 1.82) is 0 Å². The third kappa shape index (κ3) is 2.99. The molecule has 1 N–H and O–H groups in total. The number of ether oxygens (including phenoxy) is 1. The predicted octanol–water partition coefficient (Wildman–Crippen LogP) is 2.75. The molecule has 21 heavy (non-hydrogen) atoms. The van der Waals surface area contributed by atoms with Gasteiger partial charge in [0.05, 0.1) is 0 Å². The van der Waals surface area contributed by atoms with Gasteiger partial charge in [-0.05, 0) is 49.8 Å². The summed E-state index contributed by atoms with van der Waals surface area (Å²) >= 11 is 0. The first kappa shape index (κ1) is 13.9. The van der Waals surface area contributed by atoms with E-state index in [0.717, 1.165) is 35.4 Å². The van der Waals surface area contributed by atoms with Crippen LogP contribution in [0.25, 0.3) is 0 Å². The Labute approximate surface area is 124 Å². The molecule has 4 nitrogen and oxygen atoms in total. The quantitative estimate of drug-likeness (QED) is 0.682. The number of amides is 1. The SMILES string of the molecule is Cc1ccc(C)c(OCC(=O)N/N=C2/C[C@@H]3C=CC[C@@H]23)c1. The summed E-state index contributed by atoms with van der Waals surface area (Å²) in [6.45, 7) is 3.96. The van der Waals surface area contributed by atoms with Crippen molar-refractivity contribution < 1.29 is 9.53 Å². The van der Waals surface area contributed by atoms with Crippen LogP contribution in [0.2, 0.25) is 0 Å². The van der Waals surface area contributed by atoms with Gasteiger partial charge in [-0.1, -0.05) is 24.3 Å². The van der Waals surface area contributed by atoms with Gasteiger partial charge in [0.1, 0.15) is 5.75 Å². The van der Waals surface area contributed by atoms with Crippen LogP contribution in [-0.4, -0.2) is 18.2 Å². The molecular weight excluding hydrogens is 264 g/mol. The Bertz CT molecular complexity index is 619. The number of fused-ring (bicyclic) bond motifs is 1. The molecule has 2 atom stereocenters. The van der Waals surface area contributed by atoms with E-state index in [1.165, 1.54) is 0 Å². The Morgan fingerprint density at radius 1 is 1.43 bits per heavy atom. The van der Waals surface area contributed by atoms with E-state index in [-0.39, 0.29) is 12.5 Å². The van der Waals surface area contributed by atoms with Crippen LogP contribution in [0, 0.1) is 25.7 Å². The molecule has 1 amide bonds. The van der Waals surface area contributed by atoms with Gasteiger partial charge in [0.15, 0.2) is 6.61 Å². The lowest BCUT2D eigenvalue weighted by Crippen LogP contribution is -2.36. The first-order valence-corrected chi connectivity index (χ1v) is 7.35. The first-order valence-electron chi connectivity index (χ1n) is 7.35. The highest BCUT2D eigenvalue weighted by molar-refractivity contribution is 5.94. The molecular formula is C17H20N2O2. The number of benzene rings is 1. The standard InChI is InChI=1S/C17H20N2O2/c1-11-6-7-12(2)16(8-11)21-10-17(20)19-18-15-9-13-4-3-5-14(13)15/h3-4,6-8,13-14H,5,9-10H2,1-2H3,(H,19,20)/b18-15-/t13-,14+/m0/s1. The summed E-state index contributed by atoms with van der Waals surface area (Å²) in [5.74, 6) is 1.70. The van der Waals surface area contributed by atoms with Crippen molar-refractivity contribution in [3.63, 3.8) is 0 Å². The van der Waals surface area contributed by atoms with Gasteiger partial charge in [-0.2, -0.15) is 5.10 Å². The highest BCUT2D eigenvalue weighted by Crippen LogP contribution is 2.39. The lowest BCUT2D eigenvalue weighted by molar-refractivity contribution is -0.123. The van der Waals surface area contributed by atoms with E-state index in [1.54, 1.807) is 0 Å². The number of rotatable bonds is 4. The highest BCUT2D eigenvalue weighted by Gasteiger charge is 2.37. The van der Waals surface area contributed by atoms with Gasteiger partial charge >= 0.3 is 0 Å². The maximum atomic E-state index is 11.8. The van der Waals surface area contributed by atoms with E-state index < -0.39 is 0 Å². The van der Waals surface area contributed by atoms with Gasteiger partial charge in [0.25, 0.3) is 5.91 Å². The van der Waals surface area contributed by atoms with Gasteiger partial charge in [0, 0.05) is 11.6 Å². The Balaban J connectivity index is 1.49. The number of hydrogen-bond acceptors (Lipinski definition) is 3. The topological polar surface area (TPSA) is 50.7 Å². The molecule has 0 aromatic heterocycles. The molecule has 3 rings (SSSR count). The maximum Gasteiger partial charge on any atom is 0.277 e. The summed E-state index contributed by atoms with van der Waals surface area (Å²) in [6.07, 6.45) is 6.47. The van der Waals surface area contributed by atoms with Crippen LogP contribution in [0.15, 0.2) is 35.5 Å². The van der Waals surface area contributed by atoms with Crippen LogP contribution in [0.4, 0.5) is 0 Å². The lowest BCUT2D eigenvalue weighted by Gasteiger charge is -2.31. The molecule has 0 saturated heterocycles. The Hall–Kier alpha value is -2.10. The van der Waals surface area contributed by atoms with Gasteiger partial charge in [-0.25, -0.2) is 5.43 Å². The van der Waals surface area contributed by atoms with Crippen molar-refractivity contribution in [2.24, 2.45) is 16.9 Å². The van der Waals surface area contributed by atoms with E-state index >= 15 is 0 Å². The zero-order chi connectivity index (χ0) is 14.8. The number of carbonyl (C=O) groups excluding carboxylic acids is 1. The molecule has 4 heteroatoms. The second-order valence-electron chi connectivity index (χ2n) is 5.83. The molecule has 110 valence electrons. The van der Waals surface area contributed by atoms with Crippen molar-refractivity contribution >= 4 is 11.6 Å². The third-order valence-corrected chi connectivity index (χ3v) is 4.19. The summed E-state index contributed by atoms with van der Waals surface area (Å²) in [5, 5.41) is 4.22. The molecule has 1 aromatic rings. The molecule has 2 aliphatic rings. The zero-order valence-electron chi connectivity index (χ0n) is 12.4. The highest BCUT2D eigenvalue weighted by atomic mass is 16.5. The number of nitrogens with one attached hydrogen (secondary N) is 1. The van der Waals surface area contributed by atoms with Crippen molar-refractivity contribution in [1.82, 2.24) is 5.43 Å². The van der Waals surface area contributed by atoms with Gasteiger partial charge < -0.3 is 4.74 Å². The first-order chi connectivity index (χ1) is 10.1. The minimum Gasteiger partial charge on any atom is -0.483 e. The fraction of sp³-hybridized carbons (Fsp3) is 0.412. The lowest BCUT2D eigenvalue weighted by atomic mass is 9.74. The second-order valence-corrected chi connectivity index (χ2v) is 5.83. The number of hydrogen-bond donors (Lipinski definition) is 1. The zero-order valence-corrected chi connectivity index (χ0v) is 12.4. The second kappa shape index (κ2) is 5.72. The molecule has 0 unspecified atom stereocenters. The van der Waals surface area contributed by atoms with Crippen LogP contribution in [0.3, 0.4) is 0 Å². The smallest absolute Gasteiger partial charge is 0.277 e. The van der Waals surface area contributed by atoms with E-state index in [2.05, 4.69) is 22.7 Å². The van der Waals surface area contributed by atoms with Crippen LogP contribution < -0.4 is 10.2 Å². The monoisotopic (exact) mass is 284 g/mol. The third-order valence-electron chi connectivity index (χ3n) is 4.19. The average molecular weight is 284 g/mol. The summed E-state index contributed by atoms with van der Waals surface area (Å²) in [5.41, 5.74) is 5.84. The molecule has 2 aliphatic carbocycles. The fourth-order valence-electron chi connectivity index (χ4n) is 2.84. The molecule has 0 radical (unpaired) electrons. The van der Waals surface area contributed by atoms with Crippen LogP contribution in [0.5, 0.6) is 5.75 Å². The maximum absolute atomic E-state index is 11.8. The number of aryl methyl sites for hydroxylation is 2. The van der Waals surface area contributed by atoms with E-state index in [0.29, 0.717) is 11.8 Å². The molecule has 1 aromatic carbocycles. The van der Waals surface area contributed by atoms with E-state index in [1.807, 2.05) is 32.0 Å². The minimum atomic E-state index is -0.210. The number of hydrazone groups is 1. The Kier molecular flexibility index (Phi) is 3.78. The van der Waals surface area contributed by atoms with Crippen molar-refractivity contribution in [3.8, 4) is 5.75 Å². The summed E-state index contributed by atoms with van der Waals surface area (Å²) in [6, 6.07) is 5.95. The number of allylic oxidation sites excluding steroid dienone is 2. The summed E-state index contributed by atoms with van der Waals surface area (Å²) in [4.78, 5) is 11.8. The van der Waals surface area contributed by atoms with Gasteiger partial charge in [-0.3, -0.25) is 4.79 Å². The number of carbonyl (C=O) groups is 1. The normalized spacial score (nSPS) is 24.6. The van der Waals surface area contributed by atoms with Crippen molar-refractivity contribution in [2.75, 3.05) is 6.61 Å². The number of nitrogens with zero attached hydrogens (tertiary/aromatic N) is 1. The molecule has 0 aliphatic heterocycles. The fourth-order valence-corrected chi connectivity index (χ4v) is 2.84. The molecule has 0 spiro atoms. The summed E-state index contributed by atoms with van der Waals surface area (Å²) in [7, 11) is 0. The molecule has 1 fully saturated rings. The van der Waals surface area contributed by atoms with E-state index in [4.69, 9.17) is 4.74 Å². The Morgan fingerprint density at radius 2 is 2.29 bits per heavy atom. The van der Waals surface area contributed by atoms with Crippen molar-refractivity contribution in [3.05, 3.63) is 41.5 Å². The van der Waals surface area contributed by atoms with Crippen LogP contribution in [0.1, 0.15) is 24.0 Å². The summed E-state index contributed by atoms with van der Waals surface area (Å²) < 4.78 is 5.56. The van der Waals surface area contributed by atoms with Crippen LogP contribution in [-0.2, 0) is 4.79 Å². The molecule has 0 heterocycles. The minimum absolute atomic E-state index is 0.00653. The van der Waals surface area contributed by atoms with Gasteiger partial charge in [0.2, 0.25) is 0 Å². The molecule has 1 saturated carbocycles. The van der Waals surface area contributed by atoms with Crippen molar-refractivity contribution in [2.45, 2.75) is 26.7 Å². The average Bonchev–Trinajstić information content (AvgIpc) is 2.81. The largest absolute Gasteiger partial charge is 0.483 e. The molecule has 0 bridgehead atoms.